The maximum atomic E-state index is 11.0. The molecule has 1 heterocycles. The molecular weight excluding hydrogens is 220 g/mol. The van der Waals surface area contributed by atoms with E-state index in [9.17, 15) is 8.42 Å². The number of rotatable bonds is 5. The summed E-state index contributed by atoms with van der Waals surface area (Å²) in [6, 6.07) is 0.0391. The van der Waals surface area contributed by atoms with Gasteiger partial charge in [0, 0.05) is 32.3 Å². The van der Waals surface area contributed by atoms with Gasteiger partial charge in [-0.25, -0.2) is 0 Å². The Bertz CT molecular complexity index is 274. The van der Waals surface area contributed by atoms with E-state index in [1.165, 1.54) is 0 Å². The summed E-state index contributed by atoms with van der Waals surface area (Å²) >= 11 is 0. The van der Waals surface area contributed by atoms with Gasteiger partial charge in [0.25, 0.3) is 10.1 Å². The van der Waals surface area contributed by atoms with Crippen LogP contribution in [-0.2, 0) is 10.1 Å². The van der Waals surface area contributed by atoms with Crippen LogP contribution in [-0.4, -0.2) is 55.6 Å². The fourth-order valence-electron chi connectivity index (χ4n) is 1.73. The Morgan fingerprint density at radius 1 is 1.40 bits per heavy atom. The van der Waals surface area contributed by atoms with Crippen LogP contribution in [0.4, 0.5) is 0 Å². The molecule has 15 heavy (non-hydrogen) atoms. The number of hydrogen-bond donors (Lipinski definition) is 4. The molecule has 7 heteroatoms. The first-order chi connectivity index (χ1) is 7.04. The van der Waals surface area contributed by atoms with E-state index in [4.69, 9.17) is 9.66 Å². The second-order valence-corrected chi connectivity index (χ2v) is 5.44. The van der Waals surface area contributed by atoms with Gasteiger partial charge in [0.1, 0.15) is 0 Å². The predicted molar refractivity (Wildman–Crippen MR) is 56.3 cm³/mol. The van der Waals surface area contributed by atoms with E-state index in [0.717, 1.165) is 13.1 Å². The Morgan fingerprint density at radius 2 is 2.13 bits per heavy atom. The van der Waals surface area contributed by atoms with Crippen LogP contribution in [0.3, 0.4) is 0 Å². The van der Waals surface area contributed by atoms with Crippen LogP contribution in [0.25, 0.3) is 0 Å². The summed E-state index contributed by atoms with van der Waals surface area (Å²) in [6.45, 7) is 2.12. The first-order valence-electron chi connectivity index (χ1n) is 5.05. The van der Waals surface area contributed by atoms with Gasteiger partial charge in [0.05, 0.1) is 5.25 Å². The third-order valence-electron chi connectivity index (χ3n) is 2.55. The van der Waals surface area contributed by atoms with Crippen molar-refractivity contribution in [3.05, 3.63) is 0 Å². The molecule has 2 unspecified atom stereocenters. The molecule has 1 rings (SSSR count). The molecule has 0 aliphatic carbocycles. The van der Waals surface area contributed by atoms with E-state index in [1.54, 1.807) is 0 Å². The lowest BCUT2D eigenvalue weighted by Crippen LogP contribution is -2.50. The Kier molecular flexibility index (Phi) is 4.94. The van der Waals surface area contributed by atoms with Crippen LogP contribution in [0.1, 0.15) is 12.8 Å². The van der Waals surface area contributed by atoms with E-state index >= 15 is 0 Å². The predicted octanol–water partition coefficient (Wildman–Crippen LogP) is -1.42. The van der Waals surface area contributed by atoms with Gasteiger partial charge >= 0.3 is 0 Å². The minimum atomic E-state index is -4.05. The zero-order chi connectivity index (χ0) is 11.3. The highest BCUT2D eigenvalue weighted by molar-refractivity contribution is 7.86. The number of piperazine rings is 1. The Labute approximate surface area is 89.8 Å². The first kappa shape index (κ1) is 12.9. The fraction of sp³-hybridized carbons (Fsp3) is 1.00. The minimum absolute atomic E-state index is 0.0391. The molecule has 1 aliphatic rings. The molecule has 1 saturated heterocycles. The highest BCUT2D eigenvalue weighted by Gasteiger charge is 2.26. The van der Waals surface area contributed by atoms with Crippen LogP contribution in [0.2, 0.25) is 0 Å². The van der Waals surface area contributed by atoms with Crippen LogP contribution < -0.4 is 10.6 Å². The summed E-state index contributed by atoms with van der Waals surface area (Å²) < 4.78 is 30.9. The Balaban J connectivity index is 2.50. The molecule has 4 N–H and O–H groups in total. The van der Waals surface area contributed by atoms with Crippen molar-refractivity contribution in [2.45, 2.75) is 24.1 Å². The van der Waals surface area contributed by atoms with Crippen molar-refractivity contribution in [3.63, 3.8) is 0 Å². The van der Waals surface area contributed by atoms with E-state index in [-0.39, 0.29) is 19.1 Å². The summed E-state index contributed by atoms with van der Waals surface area (Å²) in [4.78, 5) is 0. The van der Waals surface area contributed by atoms with Crippen LogP contribution in [0, 0.1) is 0 Å². The average Bonchev–Trinajstić information content (AvgIpc) is 2.17. The topological polar surface area (TPSA) is 98.7 Å². The lowest BCUT2D eigenvalue weighted by Gasteiger charge is -2.27. The summed E-state index contributed by atoms with van der Waals surface area (Å²) in [7, 11) is -4.05. The quantitative estimate of drug-likeness (QED) is 0.439. The molecule has 0 aromatic rings. The van der Waals surface area contributed by atoms with E-state index < -0.39 is 15.4 Å². The third-order valence-corrected chi connectivity index (χ3v) is 3.82. The lowest BCUT2D eigenvalue weighted by atomic mass is 10.1. The third kappa shape index (κ3) is 4.43. The smallest absolute Gasteiger partial charge is 0.267 e. The van der Waals surface area contributed by atoms with Gasteiger partial charge in [-0.15, -0.1) is 0 Å². The highest BCUT2D eigenvalue weighted by atomic mass is 32.2. The molecule has 1 aliphatic heterocycles. The fourth-order valence-corrected chi connectivity index (χ4v) is 2.61. The van der Waals surface area contributed by atoms with Crippen molar-refractivity contribution in [2.75, 3.05) is 26.2 Å². The molecule has 90 valence electrons. The van der Waals surface area contributed by atoms with Gasteiger partial charge in [-0.2, -0.15) is 8.42 Å². The molecule has 0 amide bonds. The summed E-state index contributed by atoms with van der Waals surface area (Å²) in [5.41, 5.74) is 0. The number of nitrogens with one attached hydrogen (secondary N) is 2. The van der Waals surface area contributed by atoms with Crippen molar-refractivity contribution in [1.29, 1.82) is 0 Å². The monoisotopic (exact) mass is 238 g/mol. The maximum absolute atomic E-state index is 11.0. The highest BCUT2D eigenvalue weighted by Crippen LogP contribution is 2.12. The molecule has 1 fully saturated rings. The average molecular weight is 238 g/mol. The molecule has 6 nitrogen and oxygen atoms in total. The molecule has 0 radical (unpaired) electrons. The van der Waals surface area contributed by atoms with Gasteiger partial charge in [-0.05, 0) is 12.8 Å². The Hall–Kier alpha value is -0.210. The summed E-state index contributed by atoms with van der Waals surface area (Å²) in [6.07, 6.45) is 0.406. The van der Waals surface area contributed by atoms with Crippen LogP contribution in [0.15, 0.2) is 0 Å². The van der Waals surface area contributed by atoms with E-state index in [0.29, 0.717) is 13.0 Å². The first-order valence-corrected chi connectivity index (χ1v) is 6.55. The van der Waals surface area contributed by atoms with Gasteiger partial charge in [0.2, 0.25) is 0 Å². The van der Waals surface area contributed by atoms with Gasteiger partial charge < -0.3 is 15.7 Å². The summed E-state index contributed by atoms with van der Waals surface area (Å²) in [5.74, 6) is 0. The Morgan fingerprint density at radius 3 is 2.60 bits per heavy atom. The number of aliphatic hydroxyl groups excluding tert-OH is 1. The van der Waals surface area contributed by atoms with Crippen molar-refractivity contribution >= 4 is 10.1 Å². The van der Waals surface area contributed by atoms with Gasteiger partial charge in [-0.3, -0.25) is 4.55 Å². The van der Waals surface area contributed by atoms with Crippen molar-refractivity contribution in [3.8, 4) is 0 Å². The zero-order valence-corrected chi connectivity index (χ0v) is 9.33. The lowest BCUT2D eigenvalue weighted by molar-refractivity contribution is 0.273. The zero-order valence-electron chi connectivity index (χ0n) is 8.52. The van der Waals surface area contributed by atoms with Crippen LogP contribution in [0.5, 0.6) is 0 Å². The van der Waals surface area contributed by atoms with Crippen molar-refractivity contribution in [1.82, 2.24) is 10.6 Å². The largest absolute Gasteiger partial charge is 0.396 e. The normalized spacial score (nSPS) is 25.1. The van der Waals surface area contributed by atoms with Crippen LogP contribution >= 0.6 is 0 Å². The molecular formula is C8H18N2O4S. The molecule has 0 aromatic heterocycles. The summed E-state index contributed by atoms with van der Waals surface area (Å²) in [5, 5.41) is 14.1. The van der Waals surface area contributed by atoms with E-state index in [1.807, 2.05) is 0 Å². The second-order valence-electron chi connectivity index (χ2n) is 3.74. The molecule has 0 saturated carbocycles. The molecule has 0 aromatic carbocycles. The molecule has 0 spiro atoms. The van der Waals surface area contributed by atoms with Crippen molar-refractivity contribution < 1.29 is 18.1 Å². The second kappa shape index (κ2) is 5.76. The van der Waals surface area contributed by atoms with Crippen molar-refractivity contribution in [2.24, 2.45) is 0 Å². The standard InChI is InChI=1S/C8H18N2O4S/c11-4-1-8(15(12,13)14)5-7-6-9-2-3-10-7/h7-11H,1-6H2,(H,12,13,14). The number of hydrogen-bond acceptors (Lipinski definition) is 5. The van der Waals surface area contributed by atoms with E-state index in [2.05, 4.69) is 10.6 Å². The van der Waals surface area contributed by atoms with Gasteiger partial charge in [-0.1, -0.05) is 0 Å². The number of aliphatic hydroxyl groups is 1. The SMILES string of the molecule is O=S(=O)(O)C(CCO)CC1CNCCN1. The molecule has 2 atom stereocenters. The molecule has 0 bridgehead atoms. The van der Waals surface area contributed by atoms with Gasteiger partial charge in [0.15, 0.2) is 0 Å². The maximum Gasteiger partial charge on any atom is 0.267 e. The minimum Gasteiger partial charge on any atom is -0.396 e.